The van der Waals surface area contributed by atoms with E-state index in [1.54, 1.807) is 11.8 Å². The van der Waals surface area contributed by atoms with Gasteiger partial charge in [-0.3, -0.25) is 9.59 Å². The van der Waals surface area contributed by atoms with Crippen LogP contribution in [0.4, 0.5) is 5.69 Å². The Kier molecular flexibility index (Phi) is 4.73. The van der Waals surface area contributed by atoms with Crippen LogP contribution in [0.5, 0.6) is 0 Å². The zero-order valence-electron chi connectivity index (χ0n) is 15.8. The lowest BCUT2D eigenvalue weighted by molar-refractivity contribution is -0.116. The van der Waals surface area contributed by atoms with Crippen molar-refractivity contribution in [1.29, 1.82) is 0 Å². The van der Waals surface area contributed by atoms with E-state index in [4.69, 9.17) is 0 Å². The number of nitrogens with zero attached hydrogens (tertiary/aromatic N) is 1. The number of amides is 2. The summed E-state index contributed by atoms with van der Waals surface area (Å²) in [7, 11) is 0. The molecule has 140 valence electrons. The van der Waals surface area contributed by atoms with Crippen molar-refractivity contribution in [2.45, 2.75) is 44.4 Å². The maximum Gasteiger partial charge on any atom is 0.251 e. The van der Waals surface area contributed by atoms with E-state index in [1.807, 2.05) is 24.3 Å². The fourth-order valence-electron chi connectivity index (χ4n) is 4.63. The fraction of sp³-hybridized carbons (Fsp3) is 0.391. The SMILES string of the molecule is CC(=O)N1CCc2cc(C(=O)NCC3(c4ccccc4)CCCC3)ccc21. The Bertz CT molecular complexity index is 854. The molecule has 0 saturated heterocycles. The number of rotatable bonds is 4. The molecule has 2 amide bonds. The third-order valence-corrected chi connectivity index (χ3v) is 6.15. The van der Waals surface area contributed by atoms with E-state index >= 15 is 0 Å². The minimum atomic E-state index is -0.0266. The predicted octanol–water partition coefficient (Wildman–Crippen LogP) is 3.84. The van der Waals surface area contributed by atoms with E-state index in [1.165, 1.54) is 18.4 Å². The van der Waals surface area contributed by atoms with Crippen LogP contribution in [0.25, 0.3) is 0 Å². The second-order valence-electron chi connectivity index (χ2n) is 7.80. The zero-order valence-corrected chi connectivity index (χ0v) is 15.8. The van der Waals surface area contributed by atoms with Crippen LogP contribution in [-0.2, 0) is 16.6 Å². The topological polar surface area (TPSA) is 49.4 Å². The Balaban J connectivity index is 1.49. The van der Waals surface area contributed by atoms with E-state index < -0.39 is 0 Å². The van der Waals surface area contributed by atoms with Crippen molar-refractivity contribution in [2.75, 3.05) is 18.0 Å². The quantitative estimate of drug-likeness (QED) is 0.898. The highest BCUT2D eigenvalue weighted by molar-refractivity contribution is 5.97. The van der Waals surface area contributed by atoms with Crippen molar-refractivity contribution in [3.8, 4) is 0 Å². The van der Waals surface area contributed by atoms with Gasteiger partial charge >= 0.3 is 0 Å². The number of benzene rings is 2. The van der Waals surface area contributed by atoms with E-state index in [0.29, 0.717) is 18.7 Å². The van der Waals surface area contributed by atoms with E-state index in [9.17, 15) is 9.59 Å². The second-order valence-corrected chi connectivity index (χ2v) is 7.80. The molecule has 0 spiro atoms. The molecule has 4 rings (SSSR count). The van der Waals surface area contributed by atoms with E-state index in [-0.39, 0.29) is 17.2 Å². The molecule has 1 fully saturated rings. The molecule has 1 heterocycles. The summed E-state index contributed by atoms with van der Waals surface area (Å²) >= 11 is 0. The van der Waals surface area contributed by atoms with Crippen LogP contribution in [0.1, 0.15) is 54.1 Å². The maximum atomic E-state index is 12.8. The average Bonchev–Trinajstić information content (AvgIpc) is 3.34. The standard InChI is InChI=1S/C23H26N2O2/c1-17(26)25-14-11-18-15-19(9-10-21(18)25)22(27)24-16-23(12-5-6-13-23)20-7-3-2-4-8-20/h2-4,7-10,15H,5-6,11-14,16H2,1H3,(H,24,27). The molecule has 0 atom stereocenters. The van der Waals surface area contributed by atoms with Gasteiger partial charge in [0.2, 0.25) is 5.91 Å². The molecule has 0 radical (unpaired) electrons. The number of carbonyl (C=O) groups excluding carboxylic acids is 2. The molecule has 1 N–H and O–H groups in total. The van der Waals surface area contributed by atoms with Crippen molar-refractivity contribution in [1.82, 2.24) is 5.32 Å². The first kappa shape index (κ1) is 17.8. The summed E-state index contributed by atoms with van der Waals surface area (Å²) in [6.07, 6.45) is 5.48. The average molecular weight is 362 g/mol. The predicted molar refractivity (Wildman–Crippen MR) is 107 cm³/mol. The lowest BCUT2D eigenvalue weighted by Crippen LogP contribution is -2.39. The number of hydrogen-bond donors (Lipinski definition) is 1. The molecular weight excluding hydrogens is 336 g/mol. The Labute approximate surface area is 160 Å². The number of fused-ring (bicyclic) bond motifs is 1. The minimum absolute atomic E-state index is 0.0266. The lowest BCUT2D eigenvalue weighted by Gasteiger charge is -2.30. The first-order valence-corrected chi connectivity index (χ1v) is 9.84. The summed E-state index contributed by atoms with van der Waals surface area (Å²) in [6.45, 7) is 2.96. The Hall–Kier alpha value is -2.62. The first-order chi connectivity index (χ1) is 13.1. The third-order valence-electron chi connectivity index (χ3n) is 6.15. The van der Waals surface area contributed by atoms with Crippen LogP contribution in [0, 0.1) is 0 Å². The van der Waals surface area contributed by atoms with Gasteiger partial charge < -0.3 is 10.2 Å². The summed E-state index contributed by atoms with van der Waals surface area (Å²) in [6, 6.07) is 16.3. The van der Waals surface area contributed by atoms with Crippen molar-refractivity contribution in [2.24, 2.45) is 0 Å². The van der Waals surface area contributed by atoms with Crippen molar-refractivity contribution < 1.29 is 9.59 Å². The van der Waals surface area contributed by atoms with Gasteiger partial charge in [0.15, 0.2) is 0 Å². The van der Waals surface area contributed by atoms with Gasteiger partial charge in [0.05, 0.1) is 0 Å². The lowest BCUT2D eigenvalue weighted by atomic mass is 9.79. The monoisotopic (exact) mass is 362 g/mol. The molecule has 2 aliphatic rings. The smallest absolute Gasteiger partial charge is 0.251 e. The minimum Gasteiger partial charge on any atom is -0.351 e. The largest absolute Gasteiger partial charge is 0.351 e. The molecule has 1 saturated carbocycles. The van der Waals surface area contributed by atoms with Crippen LogP contribution in [0.2, 0.25) is 0 Å². The molecule has 4 nitrogen and oxygen atoms in total. The van der Waals surface area contributed by atoms with Gasteiger partial charge in [-0.1, -0.05) is 43.2 Å². The van der Waals surface area contributed by atoms with Crippen molar-refractivity contribution in [3.63, 3.8) is 0 Å². The number of anilines is 1. The van der Waals surface area contributed by atoms with Gasteiger partial charge in [0.1, 0.15) is 0 Å². The molecule has 2 aromatic rings. The molecular formula is C23H26N2O2. The molecule has 0 unspecified atom stereocenters. The summed E-state index contributed by atoms with van der Waals surface area (Å²) in [5.41, 5.74) is 4.08. The van der Waals surface area contributed by atoms with Crippen LogP contribution >= 0.6 is 0 Å². The highest BCUT2D eigenvalue weighted by atomic mass is 16.2. The molecule has 4 heteroatoms. The summed E-state index contributed by atoms with van der Waals surface area (Å²) < 4.78 is 0. The maximum absolute atomic E-state index is 12.8. The second kappa shape index (κ2) is 7.18. The van der Waals surface area contributed by atoms with E-state index in [2.05, 4.69) is 29.6 Å². The zero-order chi connectivity index (χ0) is 18.9. The van der Waals surface area contributed by atoms with Gasteiger partial charge in [0.25, 0.3) is 5.91 Å². The number of carbonyl (C=O) groups is 2. The Morgan fingerprint density at radius 2 is 1.81 bits per heavy atom. The third kappa shape index (κ3) is 3.36. The van der Waals surface area contributed by atoms with Crippen molar-refractivity contribution in [3.05, 3.63) is 65.2 Å². The van der Waals surface area contributed by atoms with Gasteiger partial charge in [-0.2, -0.15) is 0 Å². The highest BCUT2D eigenvalue weighted by Crippen LogP contribution is 2.40. The van der Waals surface area contributed by atoms with Crippen molar-refractivity contribution >= 4 is 17.5 Å². The van der Waals surface area contributed by atoms with Crippen LogP contribution in [0.3, 0.4) is 0 Å². The fourth-order valence-corrected chi connectivity index (χ4v) is 4.63. The Morgan fingerprint density at radius 1 is 1.07 bits per heavy atom. The van der Waals surface area contributed by atoms with Gasteiger partial charge in [-0.05, 0) is 48.6 Å². The first-order valence-electron chi connectivity index (χ1n) is 9.84. The molecule has 0 aromatic heterocycles. The molecule has 0 bridgehead atoms. The van der Waals surface area contributed by atoms with E-state index in [0.717, 1.165) is 30.5 Å². The van der Waals surface area contributed by atoms with Gasteiger partial charge in [-0.25, -0.2) is 0 Å². The van der Waals surface area contributed by atoms with Crippen LogP contribution < -0.4 is 10.2 Å². The van der Waals surface area contributed by atoms with Crippen LogP contribution in [-0.4, -0.2) is 24.9 Å². The summed E-state index contributed by atoms with van der Waals surface area (Å²) in [5.74, 6) is 0.0262. The van der Waals surface area contributed by atoms with Gasteiger partial charge in [0, 0.05) is 36.7 Å². The summed E-state index contributed by atoms with van der Waals surface area (Å²) in [5, 5.41) is 3.19. The Morgan fingerprint density at radius 3 is 2.52 bits per heavy atom. The number of hydrogen-bond acceptors (Lipinski definition) is 2. The van der Waals surface area contributed by atoms with Crippen LogP contribution in [0.15, 0.2) is 48.5 Å². The van der Waals surface area contributed by atoms with Gasteiger partial charge in [-0.15, -0.1) is 0 Å². The molecule has 27 heavy (non-hydrogen) atoms. The number of nitrogens with one attached hydrogen (secondary N) is 1. The molecule has 1 aliphatic carbocycles. The molecule has 1 aliphatic heterocycles. The normalized spacial score (nSPS) is 17.6. The molecule has 2 aromatic carbocycles. The summed E-state index contributed by atoms with van der Waals surface area (Å²) in [4.78, 5) is 26.3. The highest BCUT2D eigenvalue weighted by Gasteiger charge is 2.35.